The van der Waals surface area contributed by atoms with Gasteiger partial charge >= 0.3 is 5.69 Å². The summed E-state index contributed by atoms with van der Waals surface area (Å²) in [7, 11) is 0. The lowest BCUT2D eigenvalue weighted by atomic mass is 10.1. The lowest BCUT2D eigenvalue weighted by Gasteiger charge is -2.16. The maximum absolute atomic E-state index is 12.4. The molecule has 1 aromatic heterocycles. The van der Waals surface area contributed by atoms with E-state index < -0.39 is 48.1 Å². The number of aromatic nitrogens is 2. The minimum atomic E-state index is -2.02. The van der Waals surface area contributed by atoms with Crippen molar-refractivity contribution in [2.24, 2.45) is 10.9 Å². The zero-order valence-corrected chi connectivity index (χ0v) is 19.9. The summed E-state index contributed by atoms with van der Waals surface area (Å²) in [4.78, 5) is 45.1. The first-order valence-electron chi connectivity index (χ1n) is 11.0. The van der Waals surface area contributed by atoms with Crippen molar-refractivity contribution < 1.29 is 34.5 Å². The van der Waals surface area contributed by atoms with Crippen molar-refractivity contribution in [3.63, 3.8) is 0 Å². The number of rotatable bonds is 10. The molecule has 2 rings (SSSR count). The van der Waals surface area contributed by atoms with Gasteiger partial charge in [-0.05, 0) is 13.8 Å². The molecule has 1 saturated heterocycles. The van der Waals surface area contributed by atoms with Gasteiger partial charge in [0.25, 0.3) is 11.8 Å². The van der Waals surface area contributed by atoms with Crippen LogP contribution in [0.1, 0.15) is 32.1 Å². The van der Waals surface area contributed by atoms with E-state index >= 15 is 0 Å². The summed E-state index contributed by atoms with van der Waals surface area (Å²) in [5, 5.41) is 37.5. The Bertz CT molecular complexity index is 1080. The zero-order chi connectivity index (χ0) is 26.8. The maximum Gasteiger partial charge on any atom is 0.351 e. The number of hydrogen-bond acceptors (Lipinski definition) is 12. The third-order valence-corrected chi connectivity index (χ3v) is 4.88. The van der Waals surface area contributed by atoms with E-state index in [4.69, 9.17) is 21.0 Å². The van der Waals surface area contributed by atoms with Gasteiger partial charge in [-0.2, -0.15) is 4.98 Å². The highest BCUT2D eigenvalue weighted by Crippen LogP contribution is 2.30. The molecule has 3 unspecified atom stereocenters. The average Bonchev–Trinajstić information content (AvgIpc) is 3.26. The summed E-state index contributed by atoms with van der Waals surface area (Å²) in [5.74, 6) is 3.10. The van der Waals surface area contributed by atoms with Crippen LogP contribution < -0.4 is 27.8 Å². The van der Waals surface area contributed by atoms with E-state index in [0.29, 0.717) is 5.71 Å². The number of nitrogens with two attached hydrogens (primary N) is 2. The number of hydrogen-bond donors (Lipinski definition) is 7. The fourth-order valence-corrected chi connectivity index (χ4v) is 3.07. The molecule has 0 aromatic carbocycles. The van der Waals surface area contributed by atoms with Gasteiger partial charge in [-0.1, -0.05) is 17.0 Å². The number of carbonyl (C=O) groups excluding carboxylic acids is 2. The molecule has 9 N–H and O–H groups in total. The number of carbonyl (C=O) groups is 2. The first kappa shape index (κ1) is 28.7. The SMILES string of the molecule is CC(C)=NOC1C[C@H](n2cc(C#CCNC(=O)C(O)C(O)C(=O)NCCN)c(N)nc2=O)O[C@@H]1CO. The van der Waals surface area contributed by atoms with Crippen LogP contribution in [0.25, 0.3) is 0 Å². The van der Waals surface area contributed by atoms with Crippen LogP contribution in [-0.4, -0.2) is 93.1 Å². The van der Waals surface area contributed by atoms with Crippen LogP contribution in [0.15, 0.2) is 16.1 Å². The minimum absolute atomic E-state index is 0.0693. The lowest BCUT2D eigenvalue weighted by Crippen LogP contribution is -2.50. The molecule has 0 aliphatic carbocycles. The Morgan fingerprint density at radius 1 is 1.33 bits per heavy atom. The average molecular weight is 510 g/mol. The van der Waals surface area contributed by atoms with Crippen LogP contribution in [0.4, 0.5) is 5.82 Å². The highest BCUT2D eigenvalue weighted by molar-refractivity contribution is 5.90. The molecule has 15 nitrogen and oxygen atoms in total. The smallest absolute Gasteiger partial charge is 0.351 e. The number of nitrogen functional groups attached to an aromatic ring is 1. The Morgan fingerprint density at radius 3 is 2.61 bits per heavy atom. The number of oxime groups is 1. The van der Waals surface area contributed by atoms with Gasteiger partial charge in [-0.3, -0.25) is 14.2 Å². The van der Waals surface area contributed by atoms with Gasteiger partial charge in [-0.25, -0.2) is 4.79 Å². The van der Waals surface area contributed by atoms with Crippen molar-refractivity contribution in [2.45, 2.75) is 50.9 Å². The summed E-state index contributed by atoms with van der Waals surface area (Å²) in [5.41, 5.74) is 11.1. The quantitative estimate of drug-likeness (QED) is 0.0915. The van der Waals surface area contributed by atoms with E-state index in [2.05, 4.69) is 32.6 Å². The van der Waals surface area contributed by atoms with Crippen molar-refractivity contribution in [3.8, 4) is 11.8 Å². The van der Waals surface area contributed by atoms with Crippen molar-refractivity contribution in [2.75, 3.05) is 32.0 Å². The Hall–Kier alpha value is -3.55. The molecule has 0 spiro atoms. The molecule has 0 radical (unpaired) electrons. The predicted octanol–water partition coefficient (Wildman–Crippen LogP) is -3.85. The summed E-state index contributed by atoms with van der Waals surface area (Å²) in [6, 6.07) is 0. The topological polar surface area (TPSA) is 237 Å². The Morgan fingerprint density at radius 2 is 2.00 bits per heavy atom. The number of aliphatic hydroxyl groups is 3. The number of nitrogens with zero attached hydrogens (tertiary/aromatic N) is 3. The molecule has 2 heterocycles. The van der Waals surface area contributed by atoms with Crippen molar-refractivity contribution in [3.05, 3.63) is 22.2 Å². The van der Waals surface area contributed by atoms with Crippen molar-refractivity contribution in [1.29, 1.82) is 0 Å². The number of amides is 2. The largest absolute Gasteiger partial charge is 0.394 e. The van der Waals surface area contributed by atoms with E-state index in [0.717, 1.165) is 4.57 Å². The molecule has 1 aliphatic heterocycles. The molecule has 198 valence electrons. The second-order valence-electron chi connectivity index (χ2n) is 7.95. The number of ether oxygens (including phenoxy) is 1. The van der Waals surface area contributed by atoms with E-state index in [9.17, 15) is 29.7 Å². The molecule has 0 saturated carbocycles. The maximum atomic E-state index is 12.4. The highest BCUT2D eigenvalue weighted by Gasteiger charge is 2.38. The first-order valence-corrected chi connectivity index (χ1v) is 11.0. The standard InChI is InChI=1S/C21H31N7O8/c1-11(2)27-36-13-8-15(35-14(13)10-29)28-9-12(18(23)26-21(28)34)4-3-6-24-19(32)16(30)17(31)20(33)25-7-5-22/h9,13-17,29-31H,5-8,10,22H2,1-2H3,(H,24,32)(H,25,33)(H2,23,26,34)/t13?,14-,15-,16?,17?/m1/s1. The molecule has 15 heteroatoms. The fraction of sp³-hybridized carbons (Fsp3) is 0.571. The number of anilines is 1. The zero-order valence-electron chi connectivity index (χ0n) is 19.9. The molecular weight excluding hydrogens is 478 g/mol. The van der Waals surface area contributed by atoms with Gasteiger partial charge in [0, 0.05) is 25.7 Å². The second kappa shape index (κ2) is 13.5. The van der Waals surface area contributed by atoms with Gasteiger partial charge in [0.05, 0.1) is 24.4 Å². The van der Waals surface area contributed by atoms with E-state index in [1.54, 1.807) is 13.8 Å². The molecule has 36 heavy (non-hydrogen) atoms. The lowest BCUT2D eigenvalue weighted by molar-refractivity contribution is -0.145. The van der Waals surface area contributed by atoms with Crippen LogP contribution in [-0.2, 0) is 19.2 Å². The Kier molecular flexibility index (Phi) is 10.8. The molecule has 1 fully saturated rings. The monoisotopic (exact) mass is 509 g/mol. The van der Waals surface area contributed by atoms with E-state index in [1.165, 1.54) is 6.20 Å². The number of nitrogens with one attached hydrogen (secondary N) is 2. The first-order chi connectivity index (χ1) is 17.1. The minimum Gasteiger partial charge on any atom is -0.394 e. The third kappa shape index (κ3) is 7.73. The summed E-state index contributed by atoms with van der Waals surface area (Å²) < 4.78 is 6.87. The fourth-order valence-electron chi connectivity index (χ4n) is 3.07. The van der Waals surface area contributed by atoms with Crippen LogP contribution in [0, 0.1) is 11.8 Å². The predicted molar refractivity (Wildman–Crippen MR) is 126 cm³/mol. The van der Waals surface area contributed by atoms with Gasteiger partial charge < -0.3 is 47.0 Å². The second-order valence-corrected chi connectivity index (χ2v) is 7.95. The third-order valence-electron chi connectivity index (χ3n) is 4.88. The normalized spacial score (nSPS) is 20.4. The number of aliphatic hydroxyl groups excluding tert-OH is 3. The molecule has 0 bridgehead atoms. The Balaban J connectivity index is 2.06. The summed E-state index contributed by atoms with van der Waals surface area (Å²) >= 11 is 0. The van der Waals surface area contributed by atoms with Crippen LogP contribution in [0.5, 0.6) is 0 Å². The van der Waals surface area contributed by atoms with Crippen molar-refractivity contribution >= 4 is 23.3 Å². The van der Waals surface area contributed by atoms with Gasteiger partial charge in [-0.15, -0.1) is 0 Å². The molecule has 2 amide bonds. The van der Waals surface area contributed by atoms with Crippen LogP contribution in [0.3, 0.4) is 0 Å². The molecule has 5 atom stereocenters. The van der Waals surface area contributed by atoms with E-state index in [1.807, 2.05) is 0 Å². The molecule has 1 aliphatic rings. The van der Waals surface area contributed by atoms with Gasteiger partial charge in [0.1, 0.15) is 18.1 Å². The molecular formula is C21H31N7O8. The van der Waals surface area contributed by atoms with E-state index in [-0.39, 0.29) is 44.0 Å². The van der Waals surface area contributed by atoms with Gasteiger partial charge in [0.15, 0.2) is 18.3 Å². The van der Waals surface area contributed by atoms with Gasteiger partial charge in [0.2, 0.25) is 0 Å². The van der Waals surface area contributed by atoms with Crippen molar-refractivity contribution in [1.82, 2.24) is 20.2 Å². The van der Waals surface area contributed by atoms with Crippen LogP contribution in [0.2, 0.25) is 0 Å². The molecule has 1 aromatic rings. The highest BCUT2D eigenvalue weighted by atomic mass is 16.7. The summed E-state index contributed by atoms with van der Waals surface area (Å²) in [6.07, 6.45) is -4.60. The van der Waals surface area contributed by atoms with Crippen LogP contribution >= 0.6 is 0 Å². The summed E-state index contributed by atoms with van der Waals surface area (Å²) in [6.45, 7) is 3.05. The Labute approximate surface area is 206 Å².